The lowest BCUT2D eigenvalue weighted by molar-refractivity contribution is 0.104. The first-order chi connectivity index (χ1) is 13.4. The number of aryl methyl sites for hydroxylation is 2. The Labute approximate surface area is 177 Å². The van der Waals surface area contributed by atoms with Crippen LogP contribution in [0.4, 0.5) is 11.4 Å². The summed E-state index contributed by atoms with van der Waals surface area (Å²) < 4.78 is 1.04. The minimum Gasteiger partial charge on any atom is -0.355 e. The van der Waals surface area contributed by atoms with Crippen molar-refractivity contribution in [1.29, 1.82) is 0 Å². The smallest absolute Gasteiger partial charge is 0.204 e. The minimum atomic E-state index is -0.0673. The van der Waals surface area contributed by atoms with E-state index < -0.39 is 0 Å². The molecule has 0 atom stereocenters. The van der Waals surface area contributed by atoms with Crippen molar-refractivity contribution < 1.29 is 4.79 Å². The van der Waals surface area contributed by atoms with Crippen LogP contribution >= 0.6 is 34.5 Å². The predicted octanol–water partition coefficient (Wildman–Crippen LogP) is 7.80. The molecular formula is C23H17Cl2NOS. The molecule has 0 saturated heterocycles. The second-order valence-electron chi connectivity index (χ2n) is 6.66. The summed E-state index contributed by atoms with van der Waals surface area (Å²) in [5.41, 5.74) is 4.42. The van der Waals surface area contributed by atoms with Crippen LogP contribution in [0.25, 0.3) is 10.1 Å². The Balaban J connectivity index is 1.67. The number of nitrogens with one attached hydrogen (secondary N) is 1. The van der Waals surface area contributed by atoms with Crippen molar-refractivity contribution in [2.75, 3.05) is 5.32 Å². The molecule has 0 spiro atoms. The number of carbonyl (C=O) groups excluding carboxylic acids is 1. The molecule has 0 saturated carbocycles. The van der Waals surface area contributed by atoms with E-state index in [9.17, 15) is 4.79 Å². The van der Waals surface area contributed by atoms with Gasteiger partial charge >= 0.3 is 0 Å². The highest BCUT2D eigenvalue weighted by molar-refractivity contribution is 7.21. The van der Waals surface area contributed by atoms with E-state index in [1.54, 1.807) is 12.1 Å². The molecule has 2 nitrogen and oxygen atoms in total. The van der Waals surface area contributed by atoms with Crippen molar-refractivity contribution in [3.63, 3.8) is 0 Å². The first-order valence-corrected chi connectivity index (χ1v) is 10.4. The maximum Gasteiger partial charge on any atom is 0.204 e. The first kappa shape index (κ1) is 19.0. The summed E-state index contributed by atoms with van der Waals surface area (Å²) in [4.78, 5) is 13.8. The number of fused-ring (bicyclic) bond motifs is 1. The third kappa shape index (κ3) is 3.53. The molecule has 1 N–H and O–H groups in total. The van der Waals surface area contributed by atoms with E-state index in [0.717, 1.165) is 32.6 Å². The zero-order valence-corrected chi connectivity index (χ0v) is 17.7. The van der Waals surface area contributed by atoms with Crippen LogP contribution in [0.5, 0.6) is 0 Å². The SMILES string of the molecule is Cc1ccccc1Nc1ccc(C(=O)c2sc3ccc(Cl)cc3c2C)c(Cl)c1. The van der Waals surface area contributed by atoms with Gasteiger partial charge in [0.15, 0.2) is 0 Å². The van der Waals surface area contributed by atoms with E-state index in [4.69, 9.17) is 23.2 Å². The number of hydrogen-bond donors (Lipinski definition) is 1. The van der Waals surface area contributed by atoms with Gasteiger partial charge in [-0.3, -0.25) is 4.79 Å². The first-order valence-electron chi connectivity index (χ1n) is 8.79. The van der Waals surface area contributed by atoms with E-state index in [-0.39, 0.29) is 5.78 Å². The fourth-order valence-electron chi connectivity index (χ4n) is 3.18. The van der Waals surface area contributed by atoms with Crippen molar-refractivity contribution in [2.45, 2.75) is 13.8 Å². The summed E-state index contributed by atoms with van der Waals surface area (Å²) >= 11 is 14.1. The highest BCUT2D eigenvalue weighted by Crippen LogP contribution is 2.35. The van der Waals surface area contributed by atoms with Gasteiger partial charge in [0.05, 0.1) is 9.90 Å². The fourth-order valence-corrected chi connectivity index (χ4v) is 4.76. The van der Waals surface area contributed by atoms with Gasteiger partial charge in [-0.1, -0.05) is 41.4 Å². The van der Waals surface area contributed by atoms with Crippen molar-refractivity contribution in [3.8, 4) is 0 Å². The van der Waals surface area contributed by atoms with Crippen molar-refractivity contribution in [2.24, 2.45) is 0 Å². The van der Waals surface area contributed by atoms with Gasteiger partial charge < -0.3 is 5.32 Å². The Bertz CT molecular complexity index is 1210. The second kappa shape index (κ2) is 7.59. The lowest BCUT2D eigenvalue weighted by atomic mass is 10.0. The molecule has 0 aliphatic carbocycles. The summed E-state index contributed by atoms with van der Waals surface area (Å²) in [5, 5.41) is 5.45. The molecule has 0 aliphatic heterocycles. The van der Waals surface area contributed by atoms with Gasteiger partial charge in [0.2, 0.25) is 5.78 Å². The van der Waals surface area contributed by atoms with Crippen molar-refractivity contribution >= 4 is 61.8 Å². The Kier molecular flexibility index (Phi) is 5.15. The third-order valence-corrected chi connectivity index (χ3v) is 6.56. The predicted molar refractivity (Wildman–Crippen MR) is 121 cm³/mol. The quantitative estimate of drug-likeness (QED) is 0.337. The molecule has 4 aromatic rings. The van der Waals surface area contributed by atoms with Gasteiger partial charge in [0.1, 0.15) is 0 Å². The van der Waals surface area contributed by atoms with Gasteiger partial charge in [0.25, 0.3) is 0 Å². The summed E-state index contributed by atoms with van der Waals surface area (Å²) in [6.07, 6.45) is 0. The van der Waals surface area contributed by atoms with E-state index in [1.807, 2.05) is 62.4 Å². The molecule has 140 valence electrons. The molecule has 28 heavy (non-hydrogen) atoms. The van der Waals surface area contributed by atoms with Crippen LogP contribution in [0.15, 0.2) is 60.7 Å². The Morgan fingerprint density at radius 3 is 2.50 bits per heavy atom. The molecule has 0 bridgehead atoms. The third-order valence-electron chi connectivity index (χ3n) is 4.74. The lowest BCUT2D eigenvalue weighted by Crippen LogP contribution is -2.02. The van der Waals surface area contributed by atoms with Crippen molar-refractivity contribution in [1.82, 2.24) is 0 Å². The van der Waals surface area contributed by atoms with E-state index in [2.05, 4.69) is 5.32 Å². The molecule has 1 heterocycles. The number of benzene rings is 3. The number of para-hydroxylation sites is 1. The number of rotatable bonds is 4. The van der Waals surface area contributed by atoms with Gasteiger partial charge in [-0.15, -0.1) is 11.3 Å². The molecular weight excluding hydrogens is 409 g/mol. The van der Waals surface area contributed by atoms with Gasteiger partial charge in [-0.25, -0.2) is 0 Å². The van der Waals surface area contributed by atoms with Gasteiger partial charge in [-0.05, 0) is 72.8 Å². The zero-order chi connectivity index (χ0) is 19.8. The van der Waals surface area contributed by atoms with Crippen LogP contribution in [0, 0.1) is 13.8 Å². The molecule has 0 unspecified atom stereocenters. The van der Waals surface area contributed by atoms with Crippen LogP contribution in [0.3, 0.4) is 0 Å². The van der Waals surface area contributed by atoms with Crippen molar-refractivity contribution in [3.05, 3.63) is 92.3 Å². The Morgan fingerprint density at radius 1 is 0.964 bits per heavy atom. The fraction of sp³-hybridized carbons (Fsp3) is 0.0870. The number of carbonyl (C=O) groups is 1. The summed E-state index contributed by atoms with van der Waals surface area (Å²) in [6, 6.07) is 19.2. The topological polar surface area (TPSA) is 29.1 Å². The van der Waals surface area contributed by atoms with Gasteiger partial charge in [-0.2, -0.15) is 0 Å². The average molecular weight is 426 g/mol. The number of anilines is 2. The monoisotopic (exact) mass is 425 g/mol. The summed E-state index contributed by atoms with van der Waals surface area (Å²) in [6.45, 7) is 3.99. The van der Waals surface area contributed by atoms with E-state index in [0.29, 0.717) is 20.5 Å². The van der Waals surface area contributed by atoms with E-state index in [1.165, 1.54) is 11.3 Å². The molecule has 4 rings (SSSR count). The number of halogens is 2. The van der Waals surface area contributed by atoms with E-state index >= 15 is 0 Å². The average Bonchev–Trinajstić information content (AvgIpc) is 2.99. The molecule has 0 radical (unpaired) electrons. The molecule has 5 heteroatoms. The Hall–Kier alpha value is -2.33. The molecule has 0 aliphatic rings. The standard InChI is InChI=1S/C23H17Cl2NOS/c1-13-5-3-4-6-20(13)26-16-8-9-17(19(25)12-16)22(27)23-14(2)18-11-15(24)7-10-21(18)28-23/h3-12,26H,1-2H3. The largest absolute Gasteiger partial charge is 0.355 e. The molecule has 0 fully saturated rings. The number of thiophene rings is 1. The summed E-state index contributed by atoms with van der Waals surface area (Å²) in [5.74, 6) is -0.0673. The highest BCUT2D eigenvalue weighted by atomic mass is 35.5. The Morgan fingerprint density at radius 2 is 1.75 bits per heavy atom. The maximum absolute atomic E-state index is 13.1. The normalized spacial score (nSPS) is 11.0. The van der Waals surface area contributed by atoms with Crippen LogP contribution in [-0.2, 0) is 0 Å². The van der Waals surface area contributed by atoms with Gasteiger partial charge in [0, 0.05) is 26.7 Å². The second-order valence-corrected chi connectivity index (χ2v) is 8.56. The van der Waals surface area contributed by atoms with Crippen LogP contribution in [-0.4, -0.2) is 5.78 Å². The number of hydrogen-bond acceptors (Lipinski definition) is 3. The molecule has 1 aromatic heterocycles. The molecule has 0 amide bonds. The highest BCUT2D eigenvalue weighted by Gasteiger charge is 2.20. The lowest BCUT2D eigenvalue weighted by Gasteiger charge is -2.11. The maximum atomic E-state index is 13.1. The zero-order valence-electron chi connectivity index (χ0n) is 15.3. The minimum absolute atomic E-state index is 0.0673. The van der Waals surface area contributed by atoms with Crippen LogP contribution < -0.4 is 5.32 Å². The number of ketones is 1. The van der Waals surface area contributed by atoms with Crippen LogP contribution in [0.1, 0.15) is 26.4 Å². The molecule has 3 aromatic carbocycles. The summed E-state index contributed by atoms with van der Waals surface area (Å²) in [7, 11) is 0. The van der Waals surface area contributed by atoms with Crippen LogP contribution in [0.2, 0.25) is 10.0 Å².